The topological polar surface area (TPSA) is 485 Å². The van der Waals surface area contributed by atoms with Crippen molar-refractivity contribution in [3.05, 3.63) is 138 Å². The van der Waals surface area contributed by atoms with Gasteiger partial charge in [0.05, 0.1) is 70.9 Å². The van der Waals surface area contributed by atoms with Crippen molar-refractivity contribution in [3.8, 4) is 5.75 Å². The summed E-state index contributed by atoms with van der Waals surface area (Å²) in [7, 11) is -16.0. The predicted molar refractivity (Wildman–Crippen MR) is 314 cm³/mol. The molecule has 0 saturated carbocycles. The molecule has 3 heterocycles. The van der Waals surface area contributed by atoms with Gasteiger partial charge in [-0.15, -0.1) is 0 Å². The van der Waals surface area contributed by atoms with Crippen LogP contribution in [0.25, 0.3) is 0 Å². The molecule has 3 aliphatic rings. The van der Waals surface area contributed by atoms with Crippen LogP contribution in [0.1, 0.15) is 36.1 Å². The first-order valence-corrected chi connectivity index (χ1v) is 32.7. The molecule has 3 aliphatic heterocycles. The Labute approximate surface area is 534 Å². The molecule has 0 bridgehead atoms. The van der Waals surface area contributed by atoms with Crippen LogP contribution in [-0.2, 0) is 119 Å². The molecule has 93 heavy (non-hydrogen) atoms. The second-order valence-electron chi connectivity index (χ2n) is 22.2. The molecule has 0 aliphatic carbocycles. The van der Waals surface area contributed by atoms with Gasteiger partial charge in [-0.3, -0.25) is 23.2 Å². The molecule has 12 N–H and O–H groups in total. The van der Waals surface area contributed by atoms with Crippen LogP contribution in [0.2, 0.25) is 0 Å². The Kier molecular flexibility index (Phi) is 27.0. The van der Waals surface area contributed by atoms with Gasteiger partial charge in [0.25, 0.3) is 0 Å². The largest absolute Gasteiger partial charge is 0.480 e. The Hall–Kier alpha value is -5.86. The van der Waals surface area contributed by atoms with Gasteiger partial charge in [0.1, 0.15) is 78.9 Å². The van der Waals surface area contributed by atoms with E-state index in [2.05, 4.69) is 19.0 Å². The third kappa shape index (κ3) is 22.4. The summed E-state index contributed by atoms with van der Waals surface area (Å²) < 4.78 is 170. The number of carboxylic acid groups (broad SMARTS) is 1. The van der Waals surface area contributed by atoms with Crippen molar-refractivity contribution in [2.24, 2.45) is 5.41 Å². The number of aliphatic hydroxyl groups is 6. The predicted octanol–water partition coefficient (Wildman–Crippen LogP) is -1.81. The molecule has 3 fully saturated rings. The monoisotopic (exact) mass is 1380 g/mol. The molecule has 0 aromatic heterocycles. The van der Waals surface area contributed by atoms with Gasteiger partial charge in [-0.2, -0.15) is 29.6 Å². The van der Waals surface area contributed by atoms with Crippen molar-refractivity contribution in [3.63, 3.8) is 0 Å². The molecular weight excluding hydrogens is 1300 g/mol. The lowest BCUT2D eigenvalue weighted by atomic mass is 9.90. The molecule has 516 valence electrons. The van der Waals surface area contributed by atoms with E-state index in [0.29, 0.717) is 16.7 Å². The van der Waals surface area contributed by atoms with E-state index in [1.54, 1.807) is 91.0 Å². The van der Waals surface area contributed by atoms with Crippen LogP contribution in [-0.4, -0.2) is 241 Å². The van der Waals surface area contributed by atoms with Crippen LogP contribution in [0.15, 0.2) is 115 Å². The van der Waals surface area contributed by atoms with E-state index in [0.717, 1.165) is 19.1 Å². The highest BCUT2D eigenvalue weighted by Gasteiger charge is 2.56. The lowest BCUT2D eigenvalue weighted by molar-refractivity contribution is -0.374. The fourth-order valence-electron chi connectivity index (χ4n) is 10.3. The van der Waals surface area contributed by atoms with Crippen LogP contribution in [0, 0.1) is 5.41 Å². The minimum absolute atomic E-state index is 0.160. The second kappa shape index (κ2) is 33.7. The standard InChI is InChI=1S/C57H75N3O30S3/c1-33-45(64)47(66)48(67)55(84-33)88-51-44(58-34(2)62)54(86-42(28-80-25-36-12-6-3-7-13-36)50(51)87-56-49(68)52(90-93(77,78)79)46(65)41(24-61)85-56)83-32-57(30-81-26-37-14-8-4-9-15-37,31-82-27-38-16-10-5-11-17-38)29-60(91(71,72)73)23-43(63)59-40(53(69)70)22-35-18-20-39(21-19-35)89-92(74,75)76/h3-21,33,40-42,44-52,54-56,61,64-68H,22-32H2,1-2H3,(H,58,62)(H,59,63)(H,69,70)(H,71,72,73)(H,74,75,76)(H,77,78,79)/t33-,40-,41+,42+,44+,45+,46-,47+,48-,49+,50+,51+,52-,54+,55-,56-/m0/s1. The number of nitrogens with one attached hydrogen (secondary N) is 2. The van der Waals surface area contributed by atoms with E-state index in [1.807, 2.05) is 0 Å². The first-order valence-electron chi connectivity index (χ1n) is 28.6. The van der Waals surface area contributed by atoms with Crippen LogP contribution in [0.4, 0.5) is 0 Å². The van der Waals surface area contributed by atoms with Gasteiger partial charge in [-0.1, -0.05) is 103 Å². The zero-order valence-electron chi connectivity index (χ0n) is 49.8. The first kappa shape index (κ1) is 74.5. The highest BCUT2D eigenvalue weighted by Crippen LogP contribution is 2.37. The molecule has 0 spiro atoms. The lowest BCUT2D eigenvalue weighted by Crippen LogP contribution is -2.70. The Morgan fingerprint density at radius 2 is 1.13 bits per heavy atom. The third-order valence-corrected chi connectivity index (χ3v) is 16.6. The third-order valence-electron chi connectivity index (χ3n) is 14.8. The number of hydrogen-bond acceptors (Lipinski definition) is 26. The molecule has 0 radical (unpaired) electrons. The molecule has 2 amide bonds. The average molecular weight is 1380 g/mol. The van der Waals surface area contributed by atoms with Gasteiger partial charge in [0, 0.05) is 19.9 Å². The van der Waals surface area contributed by atoms with E-state index < -0.39 is 205 Å². The van der Waals surface area contributed by atoms with Crippen LogP contribution in [0.3, 0.4) is 0 Å². The minimum Gasteiger partial charge on any atom is -0.480 e. The van der Waals surface area contributed by atoms with Gasteiger partial charge in [-0.05, 0) is 41.3 Å². The molecular formula is C57H75N3O30S3. The Morgan fingerprint density at radius 3 is 1.63 bits per heavy atom. The van der Waals surface area contributed by atoms with Crippen molar-refractivity contribution in [2.45, 2.75) is 138 Å². The lowest BCUT2D eigenvalue weighted by Gasteiger charge is -2.50. The van der Waals surface area contributed by atoms with Crippen molar-refractivity contribution in [1.82, 2.24) is 14.9 Å². The number of carbonyl (C=O) groups is 3. The number of aliphatic hydroxyl groups excluding tert-OH is 6. The normalized spacial score (nSPS) is 27.5. The van der Waals surface area contributed by atoms with E-state index in [-0.39, 0.29) is 35.4 Å². The highest BCUT2D eigenvalue weighted by molar-refractivity contribution is 7.83. The number of benzene rings is 4. The summed E-state index contributed by atoms with van der Waals surface area (Å²) in [6.45, 7) is -4.14. The minimum atomic E-state index is -5.55. The zero-order valence-corrected chi connectivity index (χ0v) is 52.2. The van der Waals surface area contributed by atoms with Gasteiger partial charge in [0.2, 0.25) is 11.8 Å². The van der Waals surface area contributed by atoms with Crippen LogP contribution < -0.4 is 14.8 Å². The Balaban J connectivity index is 1.31. The van der Waals surface area contributed by atoms with Crippen LogP contribution in [0.5, 0.6) is 5.75 Å². The highest BCUT2D eigenvalue weighted by atomic mass is 32.3. The van der Waals surface area contributed by atoms with Gasteiger partial charge in [-0.25, -0.2) is 8.98 Å². The van der Waals surface area contributed by atoms with Gasteiger partial charge >= 0.3 is 37.1 Å². The summed E-state index contributed by atoms with van der Waals surface area (Å²) in [5, 5.41) is 81.2. The number of nitrogens with zero attached hydrogens (tertiary/aromatic N) is 1. The molecule has 7 rings (SSSR count). The van der Waals surface area contributed by atoms with Gasteiger partial charge in [0.15, 0.2) is 18.9 Å². The summed E-state index contributed by atoms with van der Waals surface area (Å²) >= 11 is 0. The second-order valence-corrected chi connectivity index (χ2v) is 25.7. The SMILES string of the molecule is CC(=O)N[C@H]1[C@H](OCC(COCc2ccccc2)(COCc2ccccc2)CN(CC(=O)N[C@@H](Cc2ccc(OS(=O)(=O)O)cc2)C(=O)O)S(=O)(=O)O)O[C@H](COCc2ccccc2)[C@@H](O[C@@H]2O[C@H](CO)[C@H](O)[C@H](OS(=O)(=O)O)[C@H]2O)[C@@H]1O[C@@H]1O[C@@H](C)[C@@H](O)[C@@H](O)[C@@H]1O. The summed E-state index contributed by atoms with van der Waals surface area (Å²) in [6.07, 6.45) is -27.8. The molecule has 16 atom stereocenters. The average Bonchev–Trinajstić information content (AvgIpc) is 0.798. The van der Waals surface area contributed by atoms with E-state index >= 15 is 0 Å². The van der Waals surface area contributed by atoms with E-state index in [1.165, 1.54) is 19.1 Å². The summed E-state index contributed by atoms with van der Waals surface area (Å²) in [6, 6.07) is 26.6. The number of ether oxygens (including phenoxy) is 9. The van der Waals surface area contributed by atoms with Crippen molar-refractivity contribution in [2.75, 3.05) is 46.1 Å². The molecule has 4 aromatic carbocycles. The Morgan fingerprint density at radius 1 is 0.602 bits per heavy atom. The molecule has 36 heteroatoms. The maximum Gasteiger partial charge on any atom is 0.446 e. The summed E-state index contributed by atoms with van der Waals surface area (Å²) in [5.41, 5.74) is 0.00442. The summed E-state index contributed by atoms with van der Waals surface area (Å²) in [4.78, 5) is 40.2. The fraction of sp³-hybridized carbons (Fsp3) is 0.526. The van der Waals surface area contributed by atoms with Crippen LogP contribution >= 0.6 is 0 Å². The molecule has 4 aromatic rings. The van der Waals surface area contributed by atoms with E-state index in [9.17, 15) is 84.5 Å². The fourth-order valence-corrected chi connectivity index (χ4v) is 11.9. The number of carboxylic acids is 1. The number of hydrogen-bond donors (Lipinski definition) is 12. The number of carbonyl (C=O) groups excluding carboxylic acids is 2. The van der Waals surface area contributed by atoms with Crippen molar-refractivity contribution in [1.29, 1.82) is 0 Å². The quantitative estimate of drug-likeness (QED) is 0.0229. The van der Waals surface area contributed by atoms with Gasteiger partial charge < -0.3 is 93.2 Å². The zero-order chi connectivity index (χ0) is 67.8. The summed E-state index contributed by atoms with van der Waals surface area (Å²) in [5.74, 6) is -4.13. The first-order chi connectivity index (χ1) is 43.9. The molecule has 33 nitrogen and oxygen atoms in total. The number of aliphatic carboxylic acids is 1. The smallest absolute Gasteiger partial charge is 0.446 e. The van der Waals surface area contributed by atoms with Crippen molar-refractivity contribution >= 4 is 48.9 Å². The molecule has 3 saturated heterocycles. The Bertz CT molecular complexity index is 3320. The maximum atomic E-state index is 14.0. The maximum absolute atomic E-state index is 14.0. The van der Waals surface area contributed by atoms with E-state index in [4.69, 9.17) is 47.2 Å². The number of rotatable bonds is 34. The van der Waals surface area contributed by atoms with Crippen molar-refractivity contribution < 1.29 is 140 Å². The molecule has 0 unspecified atom stereocenters. The number of amides is 2.